The van der Waals surface area contributed by atoms with Crippen molar-refractivity contribution in [3.63, 3.8) is 0 Å². The van der Waals surface area contributed by atoms with Crippen molar-refractivity contribution in [2.75, 3.05) is 19.6 Å². The van der Waals surface area contributed by atoms with Crippen LogP contribution in [0, 0.1) is 0 Å². The summed E-state index contributed by atoms with van der Waals surface area (Å²) >= 11 is 0. The Hall–Kier alpha value is -18.2. The predicted octanol–water partition coefficient (Wildman–Crippen LogP) is -1.66. The zero-order valence-corrected chi connectivity index (χ0v) is 81.4. The fourth-order valence-corrected chi connectivity index (χ4v) is 17.6. The number of aliphatic hydroxyl groups excluding tert-OH is 1. The summed E-state index contributed by atoms with van der Waals surface area (Å²) in [5.74, 6) is -21.9. The molecule has 18 amide bonds. The third kappa shape index (κ3) is 30.7. The van der Waals surface area contributed by atoms with Crippen LogP contribution in [0.3, 0.4) is 0 Å². The Morgan fingerprint density at radius 2 is 0.893 bits per heavy atom. The molecule has 0 aliphatic carbocycles. The van der Waals surface area contributed by atoms with Crippen molar-refractivity contribution < 1.29 is 112 Å². The minimum atomic E-state index is -2.11. The molecule has 5 heterocycles. The number of hydrogen-bond donors (Lipinski definition) is 24. The molecule has 2 saturated heterocycles. The van der Waals surface area contributed by atoms with E-state index in [1.807, 2.05) is 18.2 Å². The lowest BCUT2D eigenvalue weighted by atomic mass is 9.99. The maximum atomic E-state index is 15.9. The number of carbonyl (C=O) groups excluding carboxylic acids is 18. The summed E-state index contributed by atoms with van der Waals surface area (Å²) in [6.45, 7) is 0.271. The Bertz CT molecular complexity index is 6790. The molecule has 13 rings (SSSR count). The highest BCUT2D eigenvalue weighted by molar-refractivity contribution is 6.04. The SMILES string of the molecule is CC(O)[C@@H]1NC(=O)CNC(=O)[C@H](Cc2c[nH]cn2)NC(=O)[C@H](Cc2c[nH]c3ccccc23)NC(=O)[C@H](CC(N)=O)NC(=O)CNC(=O)C[C@@H](C(=O)N[C@@H](Cc2c[nH]c3ccccc23)C(=O)N[C@@H](Cc2ccccc2)C(=O)N[C@@H](Cc2ccccc2)C(=O)N[C@@H](CC(N)=O)C(=O)N[C@@H](Cc2ccc(O)cc2)C(=O)N[C@@H](Cc2ccc(O)cc2)C(=O)N[C@@H](Cc2ccc3ccccc3c2)C(=O)O)NC(=O)[C@@H]2CCCN2C(=O)[C@H](C)NC1=O. The molecule has 11 aromatic rings. The van der Waals surface area contributed by atoms with Gasteiger partial charge >= 0.3 is 5.97 Å². The molecule has 2 aliphatic heterocycles. The van der Waals surface area contributed by atoms with Crippen LogP contribution in [0.1, 0.15) is 90.6 Å². The molecule has 2 aliphatic rings. The van der Waals surface area contributed by atoms with Crippen LogP contribution in [0.5, 0.6) is 11.5 Å². The average Bonchev–Trinajstić information content (AvgIpc) is 1.62. The number of carboxylic acids is 1. The molecule has 2 fully saturated rings. The lowest BCUT2D eigenvalue weighted by Gasteiger charge is -2.30. The number of nitrogens with one attached hydrogen (secondary N) is 18. The van der Waals surface area contributed by atoms with Gasteiger partial charge in [-0.2, -0.15) is 0 Å². The number of nitrogens with two attached hydrogens (primary N) is 2. The number of phenols is 2. The lowest BCUT2D eigenvalue weighted by Crippen LogP contribution is -2.62. The molecule has 1 unspecified atom stereocenters. The van der Waals surface area contributed by atoms with E-state index in [0.29, 0.717) is 60.8 Å². The number of H-pyrrole nitrogens is 3. The van der Waals surface area contributed by atoms with Gasteiger partial charge in [0.25, 0.3) is 0 Å². The number of aliphatic carboxylic acids is 1. The standard InChI is InChI=1S/C105H116N22O23/c1-56-104(148)127-37-15-26-85(127)102(146)124-83(49-88(133)111-53-89(134)115-81(47-86(106)131)99(143)120-79(45-66-51-110-73-25-14-12-23-71(66)73)98(142)122-80(46-67-52-108-55-113-67)92(136)112-54-90(135)126-91(57(2)128)103(147)114-56)101(145)121-78(44-65-50-109-72-24-13-11-22-70(65)72)97(141)118-74(39-58-16-5-3-6-17-58)93(137)116-75(40-59-18-7-4-8-19-59)95(139)123-82(48-87(107)132)100(144)119-76(41-60-28-33-68(129)34-29-60)94(138)117-77(42-61-30-35-69(130)36-31-61)96(140)125-84(105(149)150)43-62-27-32-63-20-9-10-21-64(63)38-62/h3-14,16-25,27-36,38,50-52,55-57,74-85,91,109-110,128-130H,15,26,37,39-49,53-54H2,1-2H3,(H2,106,131)(H2,107,132)(H,108,113)(H,111,133)(H,112,136)(H,114,147)(H,115,134)(H,116,137)(H,117,138)(H,118,141)(H,119,144)(H,120,143)(H,121,145)(H,122,142)(H,123,139)(H,124,146)(H,125,140)(H,126,135)(H,149,150)/t56-,57?,74-,75-,76-,77-,78-,79-,80-,81-,82-,83-,84-,85-,91-/m0/s1. The molecule has 0 bridgehead atoms. The van der Waals surface area contributed by atoms with Crippen LogP contribution in [0.25, 0.3) is 32.6 Å². The Morgan fingerprint density at radius 1 is 0.433 bits per heavy atom. The monoisotopic (exact) mass is 2050 g/mol. The van der Waals surface area contributed by atoms with Crippen molar-refractivity contribution in [3.05, 3.63) is 270 Å². The minimum absolute atomic E-state index is 0.115. The number of fused-ring (bicyclic) bond motifs is 4. The largest absolute Gasteiger partial charge is 0.508 e. The average molecular weight is 2050 g/mol. The number of benzene rings is 8. The van der Waals surface area contributed by atoms with E-state index >= 15 is 33.6 Å². The topological polar surface area (TPSA) is 701 Å². The highest BCUT2D eigenvalue weighted by Crippen LogP contribution is 2.26. The van der Waals surface area contributed by atoms with Crippen LogP contribution >= 0.6 is 0 Å². The first-order valence-electron chi connectivity index (χ1n) is 48.4. The number of aromatic hydroxyl groups is 2. The summed E-state index contributed by atoms with van der Waals surface area (Å²) in [7, 11) is 0. The van der Waals surface area contributed by atoms with Crippen molar-refractivity contribution >= 4 is 145 Å². The van der Waals surface area contributed by atoms with Crippen molar-refractivity contribution in [2.24, 2.45) is 11.5 Å². The highest BCUT2D eigenvalue weighted by Gasteiger charge is 2.43. The second-order valence-corrected chi connectivity index (χ2v) is 36.7. The number of carbonyl (C=O) groups is 19. The summed E-state index contributed by atoms with van der Waals surface area (Å²) in [6, 6.07) is 28.8. The summed E-state index contributed by atoms with van der Waals surface area (Å²) in [4.78, 5) is 292. The number of amides is 18. The van der Waals surface area contributed by atoms with Crippen LogP contribution in [0.2, 0.25) is 0 Å². The Morgan fingerprint density at radius 3 is 1.43 bits per heavy atom. The maximum Gasteiger partial charge on any atom is 0.326 e. The number of carboxylic acid groups (broad SMARTS) is 1. The molecule has 784 valence electrons. The van der Waals surface area contributed by atoms with E-state index in [1.165, 1.54) is 74.2 Å². The molecule has 150 heavy (non-hydrogen) atoms. The van der Waals surface area contributed by atoms with E-state index in [4.69, 9.17) is 11.5 Å². The minimum Gasteiger partial charge on any atom is -0.508 e. The predicted molar refractivity (Wildman–Crippen MR) is 541 cm³/mol. The van der Waals surface area contributed by atoms with Gasteiger partial charge in [-0.25, -0.2) is 9.78 Å². The van der Waals surface area contributed by atoms with Gasteiger partial charge in [-0.05, 0) is 113 Å². The fourth-order valence-electron chi connectivity index (χ4n) is 17.6. The number of hydrogen-bond acceptors (Lipinski definition) is 23. The number of aromatic nitrogens is 4. The molecule has 26 N–H and O–H groups in total. The van der Waals surface area contributed by atoms with Crippen molar-refractivity contribution in [1.82, 2.24) is 105 Å². The zero-order valence-electron chi connectivity index (χ0n) is 81.4. The number of nitrogens with zero attached hydrogens (tertiary/aromatic N) is 2. The summed E-state index contributed by atoms with van der Waals surface area (Å²) < 4.78 is 0. The lowest BCUT2D eigenvalue weighted by molar-refractivity contribution is -0.143. The normalized spacial score (nSPS) is 19.0. The molecule has 15 atom stereocenters. The van der Waals surface area contributed by atoms with E-state index in [0.717, 1.165) is 22.6 Å². The number of rotatable bonds is 36. The van der Waals surface area contributed by atoms with Gasteiger partial charge in [0.15, 0.2) is 0 Å². The first-order chi connectivity index (χ1) is 71.9. The third-order valence-corrected chi connectivity index (χ3v) is 25.4. The molecule has 0 spiro atoms. The van der Waals surface area contributed by atoms with E-state index < -0.39 is 255 Å². The first-order valence-corrected chi connectivity index (χ1v) is 48.4. The summed E-state index contributed by atoms with van der Waals surface area (Å²) in [6.07, 6.45) is -1.81. The van der Waals surface area contributed by atoms with E-state index in [1.54, 1.807) is 140 Å². The number of aromatic amines is 3. The first kappa shape index (κ1) is 109. The van der Waals surface area contributed by atoms with Crippen LogP contribution in [-0.4, -0.2) is 268 Å². The van der Waals surface area contributed by atoms with Crippen LogP contribution in [-0.2, 0) is 142 Å². The molecule has 0 saturated carbocycles. The molecular weight excluding hydrogens is 1940 g/mol. The van der Waals surface area contributed by atoms with Gasteiger partial charge in [0, 0.05) is 98.3 Å². The molecule has 45 nitrogen and oxygen atoms in total. The quantitative estimate of drug-likeness (QED) is 0.0209. The van der Waals surface area contributed by atoms with Gasteiger partial charge in [0.1, 0.15) is 96.1 Å². The zero-order chi connectivity index (χ0) is 107. The van der Waals surface area contributed by atoms with Gasteiger partial charge in [-0.1, -0.05) is 164 Å². The third-order valence-electron chi connectivity index (χ3n) is 25.4. The fraction of sp³-hybridized carbons (Fsp3) is 0.314. The van der Waals surface area contributed by atoms with Crippen molar-refractivity contribution in [3.8, 4) is 11.5 Å². The van der Waals surface area contributed by atoms with Crippen molar-refractivity contribution in [1.29, 1.82) is 0 Å². The Balaban J connectivity index is 0.783. The van der Waals surface area contributed by atoms with Gasteiger partial charge in [-0.15, -0.1) is 0 Å². The number of imidazole rings is 1. The number of phenolic OH excluding ortho intramolecular Hbond substituents is 2. The molecular formula is C105H116N22O23. The second kappa shape index (κ2) is 51.5. The molecule has 0 radical (unpaired) electrons. The number of para-hydroxylation sites is 2. The summed E-state index contributed by atoms with van der Waals surface area (Å²) in [5.41, 5.74) is 15.7. The molecule has 8 aromatic carbocycles. The molecule has 45 heteroatoms. The van der Waals surface area contributed by atoms with Crippen LogP contribution in [0.15, 0.2) is 225 Å². The highest BCUT2D eigenvalue weighted by atomic mass is 16.4. The van der Waals surface area contributed by atoms with Gasteiger partial charge in [0.2, 0.25) is 106 Å². The van der Waals surface area contributed by atoms with E-state index in [2.05, 4.69) is 99.7 Å². The second-order valence-electron chi connectivity index (χ2n) is 36.7. The van der Waals surface area contributed by atoms with Gasteiger partial charge in [0.05, 0.1) is 50.5 Å². The van der Waals surface area contributed by atoms with E-state index in [-0.39, 0.29) is 68.7 Å². The molecule has 3 aromatic heterocycles. The smallest absolute Gasteiger partial charge is 0.326 e. The van der Waals surface area contributed by atoms with Crippen molar-refractivity contribution in [2.45, 2.75) is 188 Å². The van der Waals surface area contributed by atoms with Gasteiger partial charge < -0.3 is 131 Å². The van der Waals surface area contributed by atoms with Crippen LogP contribution in [0.4, 0.5) is 0 Å². The van der Waals surface area contributed by atoms with Gasteiger partial charge in [-0.3, -0.25) is 86.3 Å². The Labute approximate surface area is 857 Å². The number of primary amides is 2. The maximum absolute atomic E-state index is 15.9. The Kier molecular flexibility index (Phi) is 37.5. The number of aliphatic hydroxyl groups is 1. The van der Waals surface area contributed by atoms with Crippen LogP contribution < -0.4 is 91.2 Å². The van der Waals surface area contributed by atoms with E-state index in [9.17, 15) is 78.0 Å². The summed E-state index contributed by atoms with van der Waals surface area (Å²) in [5, 5.41) is 82.8.